The Morgan fingerprint density at radius 2 is 0.768 bits per heavy atom. The number of fused-ring (bicyclic) bond motifs is 9. The van der Waals surface area contributed by atoms with Gasteiger partial charge in [-0.05, 0) is 74.8 Å². The Morgan fingerprint density at radius 1 is 0.304 bits per heavy atom. The Labute approximate surface area is 326 Å². The van der Waals surface area contributed by atoms with Crippen LogP contribution in [0.5, 0.6) is 0 Å². The van der Waals surface area contributed by atoms with Crippen molar-refractivity contribution in [2.45, 2.75) is 5.41 Å². The van der Waals surface area contributed by atoms with Crippen LogP contribution in [0.1, 0.15) is 22.3 Å². The summed E-state index contributed by atoms with van der Waals surface area (Å²) in [5.74, 6) is 1.92. The van der Waals surface area contributed by atoms with Gasteiger partial charge in [0.15, 0.2) is 17.5 Å². The van der Waals surface area contributed by atoms with E-state index in [4.69, 9.17) is 15.0 Å². The summed E-state index contributed by atoms with van der Waals surface area (Å²) in [4.78, 5) is 18.0. The van der Waals surface area contributed by atoms with Crippen molar-refractivity contribution in [2.24, 2.45) is 0 Å². The molecule has 0 saturated heterocycles. The van der Waals surface area contributed by atoms with Crippen LogP contribution < -0.4 is 4.90 Å². The average molecular weight is 715 g/mol. The molecular formula is C52H34N4. The topological polar surface area (TPSA) is 41.9 Å². The molecule has 56 heavy (non-hydrogen) atoms. The lowest BCUT2D eigenvalue weighted by Gasteiger charge is -2.45. The second kappa shape index (κ2) is 12.9. The van der Waals surface area contributed by atoms with Gasteiger partial charge < -0.3 is 4.90 Å². The summed E-state index contributed by atoms with van der Waals surface area (Å²) in [6.07, 6.45) is 0. The van der Waals surface area contributed by atoms with Crippen molar-refractivity contribution >= 4 is 17.1 Å². The van der Waals surface area contributed by atoms with E-state index in [-0.39, 0.29) is 0 Å². The fourth-order valence-electron chi connectivity index (χ4n) is 8.99. The molecule has 8 aromatic carbocycles. The van der Waals surface area contributed by atoms with E-state index in [2.05, 4.69) is 187 Å². The first kappa shape index (κ1) is 32.0. The van der Waals surface area contributed by atoms with Crippen molar-refractivity contribution in [2.75, 3.05) is 4.90 Å². The van der Waals surface area contributed by atoms with Crippen LogP contribution in [0.2, 0.25) is 0 Å². The predicted molar refractivity (Wildman–Crippen MR) is 227 cm³/mol. The van der Waals surface area contributed by atoms with Crippen LogP contribution in [0.15, 0.2) is 206 Å². The van der Waals surface area contributed by atoms with Gasteiger partial charge >= 0.3 is 0 Å². The predicted octanol–water partition coefficient (Wildman–Crippen LogP) is 12.7. The monoisotopic (exact) mass is 714 g/mol. The second-order valence-electron chi connectivity index (χ2n) is 14.3. The summed E-state index contributed by atoms with van der Waals surface area (Å²) in [5, 5.41) is 0. The number of para-hydroxylation sites is 3. The van der Waals surface area contributed by atoms with Crippen LogP contribution in [0.4, 0.5) is 17.1 Å². The van der Waals surface area contributed by atoms with Crippen LogP contribution in [0.3, 0.4) is 0 Å². The van der Waals surface area contributed by atoms with E-state index in [1.165, 1.54) is 44.8 Å². The molecule has 1 aromatic heterocycles. The molecule has 262 valence electrons. The van der Waals surface area contributed by atoms with Gasteiger partial charge in [-0.15, -0.1) is 0 Å². The number of hydrogen-bond donors (Lipinski definition) is 0. The molecule has 9 aromatic rings. The molecular weight excluding hydrogens is 681 g/mol. The SMILES string of the molecule is c1ccc(-c2nc(-c3ccc4c(c3)-c3ccccc3C43c4ccccc4N(c4ccccc4)c4ccccc43)nc(-c3ccccc3-c3ccccc3)n2)cc1. The molecule has 0 amide bonds. The third-order valence-corrected chi connectivity index (χ3v) is 11.3. The molecule has 0 radical (unpaired) electrons. The van der Waals surface area contributed by atoms with Crippen LogP contribution in [0, 0.1) is 0 Å². The third kappa shape index (κ3) is 4.83. The normalized spacial score (nSPS) is 13.1. The molecule has 2 heterocycles. The molecule has 0 atom stereocenters. The maximum absolute atomic E-state index is 5.26. The van der Waals surface area contributed by atoms with Crippen molar-refractivity contribution in [3.63, 3.8) is 0 Å². The largest absolute Gasteiger partial charge is 0.310 e. The van der Waals surface area contributed by atoms with E-state index < -0.39 is 5.41 Å². The summed E-state index contributed by atoms with van der Waals surface area (Å²) in [6.45, 7) is 0. The standard InChI is InChI=1S/C52H34N4/c1-4-18-35(19-5-1)39-24-10-11-26-41(39)51-54-49(36-20-6-2-7-21-36)53-50(55-51)37-32-33-44-42(34-37)40-25-12-13-27-43(40)52(44)45-28-14-16-30-47(45)56(38-22-8-3-9-23-38)48-31-17-15-29-46(48)52/h1-34H. The van der Waals surface area contributed by atoms with Crippen LogP contribution in [-0.2, 0) is 5.41 Å². The molecule has 1 spiro atoms. The lowest BCUT2D eigenvalue weighted by atomic mass is 9.64. The molecule has 0 unspecified atom stereocenters. The van der Waals surface area contributed by atoms with Crippen molar-refractivity contribution in [3.05, 3.63) is 229 Å². The molecule has 1 aliphatic heterocycles. The van der Waals surface area contributed by atoms with Crippen LogP contribution in [0.25, 0.3) is 56.4 Å². The van der Waals surface area contributed by atoms with E-state index in [1.54, 1.807) is 0 Å². The lowest BCUT2D eigenvalue weighted by Crippen LogP contribution is -2.36. The molecule has 2 aliphatic rings. The van der Waals surface area contributed by atoms with Gasteiger partial charge in [-0.25, -0.2) is 15.0 Å². The van der Waals surface area contributed by atoms with Gasteiger partial charge in [-0.1, -0.05) is 176 Å². The average Bonchev–Trinajstić information content (AvgIpc) is 3.57. The van der Waals surface area contributed by atoms with Crippen molar-refractivity contribution in [1.82, 2.24) is 15.0 Å². The van der Waals surface area contributed by atoms with Crippen molar-refractivity contribution in [1.29, 1.82) is 0 Å². The highest BCUT2D eigenvalue weighted by molar-refractivity contribution is 5.96. The Morgan fingerprint density at radius 3 is 1.43 bits per heavy atom. The molecule has 0 saturated carbocycles. The molecule has 0 bridgehead atoms. The van der Waals surface area contributed by atoms with Gasteiger partial charge in [0.05, 0.1) is 16.8 Å². The maximum atomic E-state index is 5.26. The molecule has 1 aliphatic carbocycles. The minimum absolute atomic E-state index is 0.531. The van der Waals surface area contributed by atoms with E-state index in [0.717, 1.165) is 33.5 Å². The highest BCUT2D eigenvalue weighted by Gasteiger charge is 2.51. The molecule has 4 heteroatoms. The van der Waals surface area contributed by atoms with Gasteiger partial charge in [-0.3, -0.25) is 0 Å². The van der Waals surface area contributed by atoms with Crippen molar-refractivity contribution < 1.29 is 0 Å². The Hall–Kier alpha value is -7.43. The first-order valence-corrected chi connectivity index (χ1v) is 19.0. The number of rotatable bonds is 5. The minimum atomic E-state index is -0.531. The van der Waals surface area contributed by atoms with Crippen LogP contribution >= 0.6 is 0 Å². The Kier molecular flexibility index (Phi) is 7.36. The number of benzene rings is 8. The lowest BCUT2D eigenvalue weighted by molar-refractivity contribution is 0.752. The first-order chi connectivity index (χ1) is 27.8. The van der Waals surface area contributed by atoms with E-state index in [1.807, 2.05) is 24.3 Å². The molecule has 0 N–H and O–H groups in total. The van der Waals surface area contributed by atoms with Crippen LogP contribution in [-0.4, -0.2) is 15.0 Å². The molecule has 11 rings (SSSR count). The fraction of sp³-hybridized carbons (Fsp3) is 0.0192. The highest BCUT2D eigenvalue weighted by atomic mass is 15.2. The van der Waals surface area contributed by atoms with Gasteiger partial charge in [0.2, 0.25) is 0 Å². The number of hydrogen-bond acceptors (Lipinski definition) is 4. The van der Waals surface area contributed by atoms with E-state index in [0.29, 0.717) is 17.5 Å². The second-order valence-corrected chi connectivity index (χ2v) is 14.3. The Balaban J connectivity index is 1.14. The summed E-state index contributed by atoms with van der Waals surface area (Å²) < 4.78 is 0. The smallest absolute Gasteiger partial charge is 0.164 e. The first-order valence-electron chi connectivity index (χ1n) is 19.0. The minimum Gasteiger partial charge on any atom is -0.310 e. The fourth-order valence-corrected chi connectivity index (χ4v) is 8.99. The van der Waals surface area contributed by atoms with Gasteiger partial charge in [0, 0.05) is 22.4 Å². The number of aromatic nitrogens is 3. The molecule has 0 fully saturated rings. The van der Waals surface area contributed by atoms with Crippen molar-refractivity contribution in [3.8, 4) is 56.4 Å². The number of nitrogens with zero attached hydrogens (tertiary/aromatic N) is 4. The van der Waals surface area contributed by atoms with Gasteiger partial charge in [0.25, 0.3) is 0 Å². The quantitative estimate of drug-likeness (QED) is 0.178. The molecule has 4 nitrogen and oxygen atoms in total. The summed E-state index contributed by atoms with van der Waals surface area (Å²) in [7, 11) is 0. The van der Waals surface area contributed by atoms with E-state index >= 15 is 0 Å². The van der Waals surface area contributed by atoms with Gasteiger partial charge in [-0.2, -0.15) is 0 Å². The van der Waals surface area contributed by atoms with Gasteiger partial charge in [0.1, 0.15) is 0 Å². The zero-order valence-corrected chi connectivity index (χ0v) is 30.4. The van der Waals surface area contributed by atoms with E-state index in [9.17, 15) is 0 Å². The maximum Gasteiger partial charge on any atom is 0.164 e. The zero-order chi connectivity index (χ0) is 37.1. The highest BCUT2D eigenvalue weighted by Crippen LogP contribution is 2.63. The summed E-state index contributed by atoms with van der Waals surface area (Å²) in [5.41, 5.74) is 15.4. The Bertz CT molecular complexity index is 2870. The number of anilines is 3. The summed E-state index contributed by atoms with van der Waals surface area (Å²) >= 11 is 0. The third-order valence-electron chi connectivity index (χ3n) is 11.3. The zero-order valence-electron chi connectivity index (χ0n) is 30.4. The summed E-state index contributed by atoms with van der Waals surface area (Å²) in [6, 6.07) is 73.3.